The van der Waals surface area contributed by atoms with Crippen molar-refractivity contribution in [1.82, 2.24) is 5.32 Å². The molecule has 3 heteroatoms. The van der Waals surface area contributed by atoms with E-state index in [1.54, 1.807) is 14.2 Å². The van der Waals surface area contributed by atoms with Gasteiger partial charge in [0.05, 0.1) is 14.2 Å². The Morgan fingerprint density at radius 2 is 2.00 bits per heavy atom. The minimum absolute atomic E-state index is 0.336. The van der Waals surface area contributed by atoms with Crippen LogP contribution in [0.2, 0.25) is 0 Å². The van der Waals surface area contributed by atoms with E-state index < -0.39 is 0 Å². The number of para-hydroxylation sites is 1. The third kappa shape index (κ3) is 3.09. The maximum Gasteiger partial charge on any atom is 0.165 e. The number of benzene rings is 1. The molecule has 3 nitrogen and oxygen atoms in total. The fourth-order valence-electron chi connectivity index (χ4n) is 3.59. The second kappa shape index (κ2) is 6.98. The predicted octanol–water partition coefficient (Wildman–Crippen LogP) is 3.79. The molecule has 3 atom stereocenters. The third-order valence-corrected chi connectivity index (χ3v) is 4.53. The molecule has 0 spiro atoms. The molecule has 1 aliphatic carbocycles. The highest BCUT2D eigenvalue weighted by molar-refractivity contribution is 5.48. The predicted molar refractivity (Wildman–Crippen MR) is 82.5 cm³/mol. The first-order valence-electron chi connectivity index (χ1n) is 7.59. The van der Waals surface area contributed by atoms with Crippen LogP contribution < -0.4 is 14.8 Å². The van der Waals surface area contributed by atoms with Gasteiger partial charge in [-0.2, -0.15) is 0 Å². The van der Waals surface area contributed by atoms with Gasteiger partial charge in [0.25, 0.3) is 0 Å². The zero-order chi connectivity index (χ0) is 14.5. The zero-order valence-corrected chi connectivity index (χ0v) is 13.1. The molecular formula is C17H27NO2. The first-order valence-corrected chi connectivity index (χ1v) is 7.59. The van der Waals surface area contributed by atoms with E-state index in [9.17, 15) is 0 Å². The van der Waals surface area contributed by atoms with Crippen molar-refractivity contribution in [1.29, 1.82) is 0 Å². The Balaban J connectivity index is 2.31. The molecule has 0 radical (unpaired) electrons. The number of hydrogen-bond acceptors (Lipinski definition) is 3. The van der Waals surface area contributed by atoms with Crippen LogP contribution >= 0.6 is 0 Å². The topological polar surface area (TPSA) is 30.5 Å². The molecule has 0 bridgehead atoms. The summed E-state index contributed by atoms with van der Waals surface area (Å²) in [4.78, 5) is 0. The van der Waals surface area contributed by atoms with Crippen molar-refractivity contribution >= 4 is 0 Å². The highest BCUT2D eigenvalue weighted by atomic mass is 16.5. The van der Waals surface area contributed by atoms with Crippen LogP contribution in [0.5, 0.6) is 11.5 Å². The summed E-state index contributed by atoms with van der Waals surface area (Å²) in [5, 5.41) is 3.50. The van der Waals surface area contributed by atoms with Gasteiger partial charge in [0, 0.05) is 11.6 Å². The maximum absolute atomic E-state index is 5.60. The van der Waals surface area contributed by atoms with E-state index in [-0.39, 0.29) is 0 Å². The average Bonchev–Trinajstić information content (AvgIpc) is 2.47. The molecular weight excluding hydrogens is 250 g/mol. The molecule has 0 heterocycles. The van der Waals surface area contributed by atoms with Crippen LogP contribution in [0.4, 0.5) is 0 Å². The Kier molecular flexibility index (Phi) is 5.30. The van der Waals surface area contributed by atoms with Crippen LogP contribution in [0.15, 0.2) is 18.2 Å². The first kappa shape index (κ1) is 15.2. The van der Waals surface area contributed by atoms with E-state index >= 15 is 0 Å². The number of nitrogens with one attached hydrogen (secondary N) is 1. The van der Waals surface area contributed by atoms with Gasteiger partial charge < -0.3 is 14.8 Å². The van der Waals surface area contributed by atoms with Gasteiger partial charge >= 0.3 is 0 Å². The third-order valence-electron chi connectivity index (χ3n) is 4.53. The quantitative estimate of drug-likeness (QED) is 0.888. The van der Waals surface area contributed by atoms with Gasteiger partial charge in [-0.15, -0.1) is 0 Å². The zero-order valence-electron chi connectivity index (χ0n) is 13.1. The van der Waals surface area contributed by atoms with Crippen molar-refractivity contribution in [3.63, 3.8) is 0 Å². The van der Waals surface area contributed by atoms with E-state index in [0.717, 1.165) is 17.4 Å². The summed E-state index contributed by atoms with van der Waals surface area (Å²) in [5.41, 5.74) is 1.22. The standard InChI is InChI=1S/C17H27NO2/c1-12-7-5-8-13(11-12)16(18-2)14-9-6-10-15(19-3)17(14)20-4/h6,9-10,12-13,16,18H,5,7-8,11H2,1-4H3. The van der Waals surface area contributed by atoms with Gasteiger partial charge in [-0.05, 0) is 37.8 Å². The highest BCUT2D eigenvalue weighted by Crippen LogP contribution is 2.42. The van der Waals surface area contributed by atoms with Gasteiger partial charge in [-0.25, -0.2) is 0 Å². The molecule has 112 valence electrons. The smallest absolute Gasteiger partial charge is 0.165 e. The lowest BCUT2D eigenvalue weighted by Crippen LogP contribution is -2.29. The normalized spacial score (nSPS) is 24.2. The van der Waals surface area contributed by atoms with Crippen LogP contribution in [0.25, 0.3) is 0 Å². The largest absolute Gasteiger partial charge is 0.493 e. The fraction of sp³-hybridized carbons (Fsp3) is 0.647. The van der Waals surface area contributed by atoms with Gasteiger partial charge in [-0.1, -0.05) is 31.9 Å². The summed E-state index contributed by atoms with van der Waals surface area (Å²) in [7, 11) is 5.46. The Morgan fingerprint density at radius 3 is 2.60 bits per heavy atom. The van der Waals surface area contributed by atoms with Gasteiger partial charge in [-0.3, -0.25) is 0 Å². The monoisotopic (exact) mass is 277 g/mol. The molecule has 1 saturated carbocycles. The summed E-state index contributed by atoms with van der Waals surface area (Å²) in [5.74, 6) is 3.17. The summed E-state index contributed by atoms with van der Waals surface area (Å²) in [6, 6.07) is 6.50. The molecule has 1 N–H and O–H groups in total. The van der Waals surface area contributed by atoms with Crippen LogP contribution in [0.1, 0.15) is 44.2 Å². The minimum atomic E-state index is 0.336. The van der Waals surface area contributed by atoms with Crippen molar-refractivity contribution in [2.24, 2.45) is 11.8 Å². The van der Waals surface area contributed by atoms with Gasteiger partial charge in [0.15, 0.2) is 11.5 Å². The molecule has 0 aliphatic heterocycles. The Labute approximate surface area is 122 Å². The van der Waals surface area contributed by atoms with Crippen LogP contribution in [0, 0.1) is 11.8 Å². The molecule has 20 heavy (non-hydrogen) atoms. The Morgan fingerprint density at radius 1 is 1.20 bits per heavy atom. The molecule has 1 aromatic rings. The SMILES string of the molecule is CNC(c1cccc(OC)c1OC)C1CCCC(C)C1. The molecule has 1 fully saturated rings. The fourth-order valence-corrected chi connectivity index (χ4v) is 3.59. The minimum Gasteiger partial charge on any atom is -0.493 e. The van der Waals surface area contributed by atoms with E-state index in [1.807, 2.05) is 19.2 Å². The van der Waals surface area contributed by atoms with E-state index in [4.69, 9.17) is 9.47 Å². The lowest BCUT2D eigenvalue weighted by Gasteiger charge is -2.34. The average molecular weight is 277 g/mol. The van der Waals surface area contributed by atoms with Crippen molar-refractivity contribution < 1.29 is 9.47 Å². The highest BCUT2D eigenvalue weighted by Gasteiger charge is 2.29. The van der Waals surface area contributed by atoms with Crippen LogP contribution in [-0.2, 0) is 0 Å². The van der Waals surface area contributed by atoms with Gasteiger partial charge in [0.1, 0.15) is 0 Å². The maximum atomic E-state index is 5.60. The van der Waals surface area contributed by atoms with E-state index in [0.29, 0.717) is 12.0 Å². The summed E-state index contributed by atoms with van der Waals surface area (Å²) in [6.45, 7) is 2.36. The van der Waals surface area contributed by atoms with E-state index in [2.05, 4.69) is 18.3 Å². The molecule has 1 aromatic carbocycles. The van der Waals surface area contributed by atoms with Crippen molar-refractivity contribution in [3.05, 3.63) is 23.8 Å². The molecule has 0 saturated heterocycles. The van der Waals surface area contributed by atoms with E-state index in [1.165, 1.54) is 31.2 Å². The van der Waals surface area contributed by atoms with Crippen LogP contribution in [-0.4, -0.2) is 21.3 Å². The molecule has 2 rings (SSSR count). The number of hydrogen-bond donors (Lipinski definition) is 1. The second-order valence-corrected chi connectivity index (χ2v) is 5.88. The summed E-state index contributed by atoms with van der Waals surface area (Å²) in [6.07, 6.45) is 5.26. The first-order chi connectivity index (χ1) is 9.71. The van der Waals surface area contributed by atoms with Crippen molar-refractivity contribution in [2.45, 2.75) is 38.6 Å². The second-order valence-electron chi connectivity index (χ2n) is 5.88. The summed E-state index contributed by atoms with van der Waals surface area (Å²) >= 11 is 0. The van der Waals surface area contributed by atoms with Crippen molar-refractivity contribution in [2.75, 3.05) is 21.3 Å². The lowest BCUT2D eigenvalue weighted by molar-refractivity contribution is 0.225. The van der Waals surface area contributed by atoms with Crippen molar-refractivity contribution in [3.8, 4) is 11.5 Å². The summed E-state index contributed by atoms with van der Waals surface area (Å²) < 4.78 is 11.0. The Hall–Kier alpha value is -1.22. The molecule has 0 amide bonds. The van der Waals surface area contributed by atoms with Gasteiger partial charge in [0.2, 0.25) is 0 Å². The molecule has 1 aliphatic rings. The number of ether oxygens (including phenoxy) is 2. The Bertz CT molecular complexity index is 433. The van der Waals surface area contributed by atoms with Crippen LogP contribution in [0.3, 0.4) is 0 Å². The number of rotatable bonds is 5. The molecule has 0 aromatic heterocycles. The lowest BCUT2D eigenvalue weighted by atomic mass is 9.76. The molecule has 3 unspecified atom stereocenters. The number of methoxy groups -OCH3 is 2.